The Bertz CT molecular complexity index is 701. The van der Waals surface area contributed by atoms with E-state index in [1.54, 1.807) is 24.3 Å². The third kappa shape index (κ3) is 3.87. The average Bonchev–Trinajstić information content (AvgIpc) is 2.96. The number of aromatic carboxylic acids is 1. The maximum Gasteiger partial charge on any atom is 0.355 e. The molecule has 2 aromatic rings. The van der Waals surface area contributed by atoms with Crippen LogP contribution in [-0.2, 0) is 6.42 Å². The minimum Gasteiger partial charge on any atom is -0.476 e. The summed E-state index contributed by atoms with van der Waals surface area (Å²) in [6, 6.07) is 8.31. The van der Waals surface area contributed by atoms with Gasteiger partial charge in [0.2, 0.25) is 0 Å². The molecule has 0 bridgehead atoms. The van der Waals surface area contributed by atoms with E-state index in [-0.39, 0.29) is 11.6 Å². The minimum atomic E-state index is -1.06. The van der Waals surface area contributed by atoms with Crippen LogP contribution in [0, 0.1) is 11.3 Å². The van der Waals surface area contributed by atoms with Gasteiger partial charge in [0.05, 0.1) is 16.6 Å². The maximum atomic E-state index is 11.8. The van der Waals surface area contributed by atoms with Crippen LogP contribution in [0.4, 0.5) is 0 Å². The molecule has 0 atom stereocenters. The zero-order valence-corrected chi connectivity index (χ0v) is 11.7. The zero-order valence-electron chi connectivity index (χ0n) is 10.9. The van der Waals surface area contributed by atoms with Crippen LogP contribution >= 0.6 is 11.3 Å². The van der Waals surface area contributed by atoms with Gasteiger partial charge in [0.15, 0.2) is 5.69 Å². The summed E-state index contributed by atoms with van der Waals surface area (Å²) in [4.78, 5) is 26.5. The van der Waals surface area contributed by atoms with Gasteiger partial charge in [-0.25, -0.2) is 9.78 Å². The standard InChI is InChI=1S/C14H11N3O3S/c15-7-9-1-3-10(4-2-9)13(18)16-6-5-12-17-11(8-21-12)14(19)20/h1-4,8H,5-6H2,(H,16,18)(H,19,20). The first-order valence-corrected chi connectivity index (χ1v) is 6.94. The molecule has 0 aliphatic carbocycles. The second-order valence-corrected chi connectivity index (χ2v) is 5.07. The highest BCUT2D eigenvalue weighted by atomic mass is 32.1. The van der Waals surface area contributed by atoms with Crippen LogP contribution < -0.4 is 5.32 Å². The second-order valence-electron chi connectivity index (χ2n) is 4.13. The zero-order chi connectivity index (χ0) is 15.2. The quantitative estimate of drug-likeness (QED) is 0.874. The lowest BCUT2D eigenvalue weighted by Gasteiger charge is -2.03. The molecule has 0 saturated heterocycles. The summed E-state index contributed by atoms with van der Waals surface area (Å²) in [5.41, 5.74) is 0.989. The number of carboxylic acid groups (broad SMARTS) is 1. The van der Waals surface area contributed by atoms with Gasteiger partial charge in [-0.3, -0.25) is 4.79 Å². The molecule has 7 heteroatoms. The highest BCUT2D eigenvalue weighted by Gasteiger charge is 2.09. The van der Waals surface area contributed by atoms with Crippen molar-refractivity contribution in [3.05, 3.63) is 51.5 Å². The van der Waals surface area contributed by atoms with Crippen LogP contribution in [0.2, 0.25) is 0 Å². The Balaban J connectivity index is 1.86. The van der Waals surface area contributed by atoms with E-state index >= 15 is 0 Å². The summed E-state index contributed by atoms with van der Waals surface area (Å²) in [7, 11) is 0. The van der Waals surface area contributed by atoms with Gasteiger partial charge < -0.3 is 10.4 Å². The van der Waals surface area contributed by atoms with E-state index < -0.39 is 5.97 Å². The number of aromatic nitrogens is 1. The molecule has 0 aliphatic rings. The van der Waals surface area contributed by atoms with Crippen LogP contribution in [0.1, 0.15) is 31.4 Å². The van der Waals surface area contributed by atoms with E-state index in [0.717, 1.165) is 0 Å². The van der Waals surface area contributed by atoms with Crippen molar-refractivity contribution in [2.24, 2.45) is 0 Å². The molecule has 0 spiro atoms. The third-order valence-corrected chi connectivity index (χ3v) is 3.58. The van der Waals surface area contributed by atoms with Crippen molar-refractivity contribution in [1.82, 2.24) is 10.3 Å². The topological polar surface area (TPSA) is 103 Å². The van der Waals surface area contributed by atoms with Gasteiger partial charge in [-0.05, 0) is 24.3 Å². The number of amides is 1. The number of hydrogen-bond donors (Lipinski definition) is 2. The first kappa shape index (κ1) is 14.7. The van der Waals surface area contributed by atoms with Crippen LogP contribution in [0.25, 0.3) is 0 Å². The molecular weight excluding hydrogens is 290 g/mol. The summed E-state index contributed by atoms with van der Waals surface area (Å²) in [5, 5.41) is 22.3. The van der Waals surface area contributed by atoms with Crippen molar-refractivity contribution in [1.29, 1.82) is 5.26 Å². The molecule has 1 heterocycles. The lowest BCUT2D eigenvalue weighted by Crippen LogP contribution is -2.25. The molecular formula is C14H11N3O3S. The summed E-state index contributed by atoms with van der Waals surface area (Å²) < 4.78 is 0. The van der Waals surface area contributed by atoms with Crippen molar-refractivity contribution < 1.29 is 14.7 Å². The number of carbonyl (C=O) groups is 2. The van der Waals surface area contributed by atoms with Gasteiger partial charge in [-0.15, -0.1) is 11.3 Å². The Morgan fingerprint density at radius 1 is 1.33 bits per heavy atom. The molecule has 1 aromatic heterocycles. The monoisotopic (exact) mass is 301 g/mol. The second kappa shape index (κ2) is 6.63. The number of hydrogen-bond acceptors (Lipinski definition) is 5. The molecule has 0 aliphatic heterocycles. The Kier molecular flexibility index (Phi) is 4.64. The van der Waals surface area contributed by atoms with Crippen molar-refractivity contribution in [3.63, 3.8) is 0 Å². The van der Waals surface area contributed by atoms with E-state index in [1.807, 2.05) is 6.07 Å². The number of nitrogens with zero attached hydrogens (tertiary/aromatic N) is 2. The number of rotatable bonds is 5. The largest absolute Gasteiger partial charge is 0.476 e. The lowest BCUT2D eigenvalue weighted by molar-refractivity contribution is 0.0690. The predicted octanol–water partition coefficient (Wildman–Crippen LogP) is 1.69. The maximum absolute atomic E-state index is 11.8. The molecule has 106 valence electrons. The van der Waals surface area contributed by atoms with Gasteiger partial charge in [-0.1, -0.05) is 0 Å². The Labute approximate surface area is 124 Å². The molecule has 0 radical (unpaired) electrons. The van der Waals surface area contributed by atoms with Gasteiger partial charge in [-0.2, -0.15) is 5.26 Å². The van der Waals surface area contributed by atoms with E-state index in [9.17, 15) is 9.59 Å². The van der Waals surface area contributed by atoms with Crippen molar-refractivity contribution in [2.75, 3.05) is 6.54 Å². The third-order valence-electron chi connectivity index (χ3n) is 2.67. The lowest BCUT2D eigenvalue weighted by atomic mass is 10.1. The number of nitriles is 1. The number of carbonyl (C=O) groups excluding carboxylic acids is 1. The van der Waals surface area contributed by atoms with Crippen molar-refractivity contribution in [2.45, 2.75) is 6.42 Å². The molecule has 2 rings (SSSR count). The number of thiazole rings is 1. The molecule has 21 heavy (non-hydrogen) atoms. The summed E-state index contributed by atoms with van der Waals surface area (Å²) in [5.74, 6) is -1.30. The molecule has 0 saturated carbocycles. The van der Waals surface area contributed by atoms with E-state index in [2.05, 4.69) is 10.3 Å². The smallest absolute Gasteiger partial charge is 0.355 e. The molecule has 0 unspecified atom stereocenters. The van der Waals surface area contributed by atoms with Gasteiger partial charge >= 0.3 is 5.97 Å². The van der Waals surface area contributed by atoms with Crippen LogP contribution in [0.15, 0.2) is 29.6 Å². The molecule has 6 nitrogen and oxygen atoms in total. The molecule has 2 N–H and O–H groups in total. The molecule has 1 amide bonds. The number of carboxylic acids is 1. The fourth-order valence-corrected chi connectivity index (χ4v) is 2.38. The van der Waals surface area contributed by atoms with Crippen LogP contribution in [0.3, 0.4) is 0 Å². The fraction of sp³-hybridized carbons (Fsp3) is 0.143. The minimum absolute atomic E-state index is 0.0217. The Hall–Kier alpha value is -2.72. The SMILES string of the molecule is N#Cc1ccc(C(=O)NCCc2nc(C(=O)O)cs2)cc1. The highest BCUT2D eigenvalue weighted by Crippen LogP contribution is 2.10. The number of nitrogens with one attached hydrogen (secondary N) is 1. The van der Waals surface area contributed by atoms with Gasteiger partial charge in [0, 0.05) is 23.9 Å². The van der Waals surface area contributed by atoms with Crippen LogP contribution in [-0.4, -0.2) is 28.5 Å². The fourth-order valence-electron chi connectivity index (χ4n) is 1.61. The highest BCUT2D eigenvalue weighted by molar-refractivity contribution is 7.09. The molecule has 0 fully saturated rings. The van der Waals surface area contributed by atoms with Crippen molar-refractivity contribution >= 4 is 23.2 Å². The average molecular weight is 301 g/mol. The summed E-state index contributed by atoms with van der Waals surface area (Å²) in [6.45, 7) is 0.366. The summed E-state index contributed by atoms with van der Waals surface area (Å²) in [6.07, 6.45) is 0.472. The van der Waals surface area contributed by atoms with E-state index in [4.69, 9.17) is 10.4 Å². The predicted molar refractivity (Wildman–Crippen MR) is 76.3 cm³/mol. The molecule has 1 aromatic carbocycles. The van der Waals surface area contributed by atoms with Gasteiger partial charge in [0.25, 0.3) is 5.91 Å². The normalized spacial score (nSPS) is 9.86. The van der Waals surface area contributed by atoms with Crippen molar-refractivity contribution in [3.8, 4) is 6.07 Å². The van der Waals surface area contributed by atoms with E-state index in [0.29, 0.717) is 29.1 Å². The van der Waals surface area contributed by atoms with Crippen LogP contribution in [0.5, 0.6) is 0 Å². The first-order chi connectivity index (χ1) is 10.1. The summed E-state index contributed by atoms with van der Waals surface area (Å²) >= 11 is 1.25. The van der Waals surface area contributed by atoms with E-state index in [1.165, 1.54) is 16.7 Å². The Morgan fingerprint density at radius 2 is 2.05 bits per heavy atom. The first-order valence-electron chi connectivity index (χ1n) is 6.06. The van der Waals surface area contributed by atoms with Gasteiger partial charge in [0.1, 0.15) is 0 Å². The Morgan fingerprint density at radius 3 is 2.62 bits per heavy atom. The number of benzene rings is 1.